The van der Waals surface area contributed by atoms with Crippen LogP contribution in [0, 0.1) is 0 Å². The van der Waals surface area contributed by atoms with Crippen LogP contribution in [0.3, 0.4) is 0 Å². The molecule has 2 unspecified atom stereocenters. The highest BCUT2D eigenvalue weighted by Crippen LogP contribution is 1.95. The smallest absolute Gasteiger partial charge is 0.0314 e. The highest BCUT2D eigenvalue weighted by Gasteiger charge is 1.99. The van der Waals surface area contributed by atoms with Crippen LogP contribution >= 0.6 is 0 Å². The van der Waals surface area contributed by atoms with Crippen molar-refractivity contribution in [1.82, 2.24) is 0 Å². The van der Waals surface area contributed by atoms with Crippen LogP contribution < -0.4 is 0 Å². The molecule has 0 aromatic heterocycles. The van der Waals surface area contributed by atoms with Gasteiger partial charge in [0.2, 0.25) is 0 Å². The molecule has 0 aliphatic carbocycles. The van der Waals surface area contributed by atoms with Crippen molar-refractivity contribution in [2.75, 3.05) is 6.26 Å². The minimum absolute atomic E-state index is 0.375. The fourth-order valence-electron chi connectivity index (χ4n) is 0.235. The summed E-state index contributed by atoms with van der Waals surface area (Å²) in [6, 6.07) is 0. The molecule has 0 radical (unpaired) electrons. The fourth-order valence-corrected chi connectivity index (χ4v) is 0.704. The SMILES string of the molecule is CCC(C)S(C)=O. The Bertz CT molecular complexity index is 70.5. The molecule has 0 aliphatic rings. The van der Waals surface area contributed by atoms with Crippen LogP contribution in [0.2, 0.25) is 0 Å². The van der Waals surface area contributed by atoms with Crippen molar-refractivity contribution in [2.45, 2.75) is 25.5 Å². The third-order valence-corrected chi connectivity index (χ3v) is 2.61. The van der Waals surface area contributed by atoms with E-state index in [-0.39, 0.29) is 0 Å². The van der Waals surface area contributed by atoms with Crippen LogP contribution in [0.25, 0.3) is 0 Å². The van der Waals surface area contributed by atoms with E-state index in [1.54, 1.807) is 6.26 Å². The van der Waals surface area contributed by atoms with Gasteiger partial charge in [-0.05, 0) is 6.42 Å². The first-order valence-electron chi connectivity index (χ1n) is 2.50. The second kappa shape index (κ2) is 3.19. The minimum atomic E-state index is -0.610. The molecule has 7 heavy (non-hydrogen) atoms. The summed E-state index contributed by atoms with van der Waals surface area (Å²) in [4.78, 5) is 0. The normalized spacial score (nSPS) is 18.7. The summed E-state index contributed by atoms with van der Waals surface area (Å²) in [5.74, 6) is 0. The summed E-state index contributed by atoms with van der Waals surface area (Å²) in [7, 11) is -0.610. The molecular weight excluding hydrogens is 108 g/mol. The Balaban J connectivity index is 3.34. The molecule has 44 valence electrons. The van der Waals surface area contributed by atoms with Gasteiger partial charge in [0.1, 0.15) is 0 Å². The van der Waals surface area contributed by atoms with Gasteiger partial charge in [-0.1, -0.05) is 13.8 Å². The zero-order valence-corrected chi connectivity index (χ0v) is 5.92. The van der Waals surface area contributed by atoms with E-state index in [2.05, 4.69) is 0 Å². The van der Waals surface area contributed by atoms with E-state index < -0.39 is 10.8 Å². The fraction of sp³-hybridized carbons (Fsp3) is 1.00. The van der Waals surface area contributed by atoms with Crippen molar-refractivity contribution < 1.29 is 4.21 Å². The molecule has 0 saturated carbocycles. The van der Waals surface area contributed by atoms with E-state index in [4.69, 9.17) is 0 Å². The van der Waals surface area contributed by atoms with E-state index in [9.17, 15) is 4.21 Å². The Kier molecular flexibility index (Phi) is 3.26. The lowest BCUT2D eigenvalue weighted by Crippen LogP contribution is -2.05. The van der Waals surface area contributed by atoms with Crippen LogP contribution in [0.5, 0.6) is 0 Å². The van der Waals surface area contributed by atoms with E-state index in [0.717, 1.165) is 6.42 Å². The van der Waals surface area contributed by atoms with Gasteiger partial charge in [-0.15, -0.1) is 0 Å². The zero-order valence-electron chi connectivity index (χ0n) is 5.10. The Morgan fingerprint density at radius 3 is 2.14 bits per heavy atom. The van der Waals surface area contributed by atoms with Gasteiger partial charge in [0, 0.05) is 22.3 Å². The molecule has 1 nitrogen and oxygen atoms in total. The highest BCUT2D eigenvalue weighted by atomic mass is 32.2. The van der Waals surface area contributed by atoms with Crippen molar-refractivity contribution in [1.29, 1.82) is 0 Å². The molecule has 0 amide bonds. The first-order valence-corrected chi connectivity index (χ1v) is 4.12. The molecule has 0 bridgehead atoms. The Morgan fingerprint density at radius 2 is 2.14 bits per heavy atom. The quantitative estimate of drug-likeness (QED) is 0.534. The Hall–Kier alpha value is 0.150. The van der Waals surface area contributed by atoms with Crippen LogP contribution in [-0.4, -0.2) is 15.7 Å². The molecule has 2 atom stereocenters. The van der Waals surface area contributed by atoms with Gasteiger partial charge < -0.3 is 0 Å². The summed E-state index contributed by atoms with van der Waals surface area (Å²) in [5, 5.41) is 0.375. The first kappa shape index (κ1) is 7.15. The number of hydrogen-bond donors (Lipinski definition) is 0. The maximum atomic E-state index is 10.5. The second-order valence-electron chi connectivity index (χ2n) is 1.72. The molecule has 0 aromatic carbocycles. The summed E-state index contributed by atoms with van der Waals surface area (Å²) in [6.07, 6.45) is 2.76. The van der Waals surface area contributed by atoms with E-state index in [0.29, 0.717) is 5.25 Å². The predicted octanol–water partition coefficient (Wildman–Crippen LogP) is 1.16. The van der Waals surface area contributed by atoms with Gasteiger partial charge in [-0.25, -0.2) is 0 Å². The summed E-state index contributed by atoms with van der Waals surface area (Å²) in [6.45, 7) is 4.04. The monoisotopic (exact) mass is 120 g/mol. The van der Waals surface area contributed by atoms with E-state index >= 15 is 0 Å². The van der Waals surface area contributed by atoms with Crippen LogP contribution in [0.1, 0.15) is 20.3 Å². The molecular formula is C5H12OS. The lowest BCUT2D eigenvalue weighted by molar-refractivity contribution is 0.674. The standard InChI is InChI=1S/C5H12OS/c1-4-5(2)7(3)6/h5H,4H2,1-3H3. The summed E-state index contributed by atoms with van der Waals surface area (Å²) >= 11 is 0. The average Bonchev–Trinajstić information content (AvgIpc) is 1.65. The molecule has 0 N–H and O–H groups in total. The molecule has 0 aliphatic heterocycles. The molecule has 2 heteroatoms. The predicted molar refractivity (Wildman–Crippen MR) is 33.8 cm³/mol. The Labute approximate surface area is 47.6 Å². The highest BCUT2D eigenvalue weighted by molar-refractivity contribution is 7.84. The lowest BCUT2D eigenvalue weighted by Gasteiger charge is -1.99. The molecule has 0 rings (SSSR count). The third-order valence-electron chi connectivity index (χ3n) is 1.14. The molecule has 0 saturated heterocycles. The van der Waals surface area contributed by atoms with Crippen LogP contribution in [0.4, 0.5) is 0 Å². The molecule has 0 heterocycles. The molecule has 0 spiro atoms. The van der Waals surface area contributed by atoms with E-state index in [1.807, 2.05) is 13.8 Å². The maximum Gasteiger partial charge on any atom is 0.0314 e. The lowest BCUT2D eigenvalue weighted by atomic mass is 10.4. The van der Waals surface area contributed by atoms with Crippen molar-refractivity contribution in [3.8, 4) is 0 Å². The largest absolute Gasteiger partial charge is 0.260 e. The van der Waals surface area contributed by atoms with Crippen LogP contribution in [0.15, 0.2) is 0 Å². The van der Waals surface area contributed by atoms with Gasteiger partial charge in [-0.3, -0.25) is 4.21 Å². The first-order chi connectivity index (χ1) is 3.18. The van der Waals surface area contributed by atoms with Gasteiger partial charge >= 0.3 is 0 Å². The number of rotatable bonds is 2. The van der Waals surface area contributed by atoms with Gasteiger partial charge in [0.05, 0.1) is 0 Å². The van der Waals surface area contributed by atoms with E-state index in [1.165, 1.54) is 0 Å². The minimum Gasteiger partial charge on any atom is -0.260 e. The van der Waals surface area contributed by atoms with Crippen molar-refractivity contribution in [2.24, 2.45) is 0 Å². The molecule has 0 aromatic rings. The summed E-state index contributed by atoms with van der Waals surface area (Å²) in [5.41, 5.74) is 0. The van der Waals surface area contributed by atoms with Gasteiger partial charge in [0.25, 0.3) is 0 Å². The van der Waals surface area contributed by atoms with Crippen molar-refractivity contribution in [3.05, 3.63) is 0 Å². The zero-order chi connectivity index (χ0) is 5.86. The van der Waals surface area contributed by atoms with Gasteiger partial charge in [0.15, 0.2) is 0 Å². The maximum absolute atomic E-state index is 10.5. The number of hydrogen-bond acceptors (Lipinski definition) is 1. The van der Waals surface area contributed by atoms with Crippen molar-refractivity contribution >= 4 is 10.8 Å². The Morgan fingerprint density at radius 1 is 1.71 bits per heavy atom. The van der Waals surface area contributed by atoms with Crippen molar-refractivity contribution in [3.63, 3.8) is 0 Å². The topological polar surface area (TPSA) is 17.1 Å². The average molecular weight is 120 g/mol. The summed E-state index contributed by atoms with van der Waals surface area (Å²) < 4.78 is 10.5. The van der Waals surface area contributed by atoms with Gasteiger partial charge in [-0.2, -0.15) is 0 Å². The van der Waals surface area contributed by atoms with Crippen LogP contribution in [-0.2, 0) is 10.8 Å². The molecule has 0 fully saturated rings. The second-order valence-corrected chi connectivity index (χ2v) is 3.52. The third kappa shape index (κ3) is 2.80.